The van der Waals surface area contributed by atoms with Gasteiger partial charge in [-0.05, 0) is 32.0 Å². The fourth-order valence-electron chi connectivity index (χ4n) is 1.65. The smallest absolute Gasteiger partial charge is 0.326 e. The van der Waals surface area contributed by atoms with Crippen molar-refractivity contribution >= 4 is 23.3 Å². The molecule has 0 aromatic heterocycles. The van der Waals surface area contributed by atoms with Crippen molar-refractivity contribution in [3.05, 3.63) is 23.2 Å². The molecule has 0 amide bonds. The maximum atomic E-state index is 11.0. The second kappa shape index (κ2) is 5.77. The van der Waals surface area contributed by atoms with Crippen molar-refractivity contribution in [1.82, 2.24) is 0 Å². The van der Waals surface area contributed by atoms with Crippen LogP contribution in [0.25, 0.3) is 0 Å². The summed E-state index contributed by atoms with van der Waals surface area (Å²) >= 11 is 6.02. The highest BCUT2D eigenvalue weighted by Gasteiger charge is 2.20. The predicted molar refractivity (Wildman–Crippen MR) is 68.1 cm³/mol. The lowest BCUT2D eigenvalue weighted by atomic mass is 10.2. The Morgan fingerprint density at radius 1 is 1.59 bits per heavy atom. The minimum Gasteiger partial charge on any atom is -0.495 e. The summed E-state index contributed by atoms with van der Waals surface area (Å²) in [5.41, 5.74) is 0.771. The summed E-state index contributed by atoms with van der Waals surface area (Å²) in [6, 6.07) is 4.65. The molecule has 94 valence electrons. The molecule has 1 rings (SSSR count). The fourth-order valence-corrected chi connectivity index (χ4v) is 1.90. The van der Waals surface area contributed by atoms with Crippen LogP contribution in [0.1, 0.15) is 13.8 Å². The Morgan fingerprint density at radius 2 is 2.24 bits per heavy atom. The molecular formula is C12H16ClNO3. The summed E-state index contributed by atoms with van der Waals surface area (Å²) in [6.07, 6.45) is 0. The topological polar surface area (TPSA) is 49.8 Å². The van der Waals surface area contributed by atoms with Gasteiger partial charge >= 0.3 is 5.97 Å². The van der Waals surface area contributed by atoms with Crippen LogP contribution in [-0.4, -0.2) is 30.8 Å². The third-order valence-corrected chi connectivity index (χ3v) is 2.93. The Bertz CT molecular complexity index is 409. The van der Waals surface area contributed by atoms with Gasteiger partial charge in [-0.3, -0.25) is 0 Å². The van der Waals surface area contributed by atoms with Crippen LogP contribution >= 0.6 is 11.6 Å². The van der Waals surface area contributed by atoms with Crippen LogP contribution in [0.4, 0.5) is 5.69 Å². The van der Waals surface area contributed by atoms with E-state index in [9.17, 15) is 4.79 Å². The number of ether oxygens (including phenoxy) is 1. The molecule has 1 N–H and O–H groups in total. The highest BCUT2D eigenvalue weighted by atomic mass is 35.5. The number of methoxy groups -OCH3 is 1. The number of aliphatic carboxylic acids is 1. The minimum atomic E-state index is -0.862. The van der Waals surface area contributed by atoms with Crippen molar-refractivity contribution in [3.63, 3.8) is 0 Å². The monoisotopic (exact) mass is 257 g/mol. The van der Waals surface area contributed by atoms with Gasteiger partial charge in [-0.2, -0.15) is 0 Å². The number of nitrogens with zero attached hydrogens (tertiary/aromatic N) is 1. The summed E-state index contributed by atoms with van der Waals surface area (Å²) in [5.74, 6) is -0.284. The van der Waals surface area contributed by atoms with E-state index in [1.54, 1.807) is 37.1 Å². The molecule has 0 saturated heterocycles. The van der Waals surface area contributed by atoms with E-state index in [4.69, 9.17) is 21.4 Å². The zero-order valence-electron chi connectivity index (χ0n) is 10.1. The number of carbonyl (C=O) groups is 1. The van der Waals surface area contributed by atoms with E-state index in [1.807, 2.05) is 6.92 Å². The van der Waals surface area contributed by atoms with Crippen molar-refractivity contribution in [1.29, 1.82) is 0 Å². The number of anilines is 1. The maximum absolute atomic E-state index is 11.0. The third-order valence-electron chi connectivity index (χ3n) is 2.63. The molecule has 0 aliphatic rings. The second-order valence-electron chi connectivity index (χ2n) is 3.62. The van der Waals surface area contributed by atoms with E-state index in [0.717, 1.165) is 5.69 Å². The Labute approximate surface area is 106 Å². The number of carboxylic acid groups (broad SMARTS) is 1. The first kappa shape index (κ1) is 13.6. The van der Waals surface area contributed by atoms with Gasteiger partial charge in [0.2, 0.25) is 0 Å². The van der Waals surface area contributed by atoms with E-state index in [-0.39, 0.29) is 0 Å². The zero-order valence-corrected chi connectivity index (χ0v) is 10.9. The number of rotatable bonds is 5. The molecule has 5 heteroatoms. The van der Waals surface area contributed by atoms with Crippen LogP contribution in [-0.2, 0) is 4.79 Å². The number of halogens is 1. The summed E-state index contributed by atoms with van der Waals surface area (Å²) in [4.78, 5) is 12.7. The largest absolute Gasteiger partial charge is 0.495 e. The number of hydrogen-bond donors (Lipinski definition) is 1. The van der Waals surface area contributed by atoms with Crippen LogP contribution in [0.15, 0.2) is 18.2 Å². The molecule has 17 heavy (non-hydrogen) atoms. The molecule has 0 spiro atoms. The fraction of sp³-hybridized carbons (Fsp3) is 0.417. The van der Waals surface area contributed by atoms with Gasteiger partial charge in [-0.1, -0.05) is 11.6 Å². The van der Waals surface area contributed by atoms with Crippen molar-refractivity contribution in [2.24, 2.45) is 0 Å². The van der Waals surface area contributed by atoms with E-state index in [1.165, 1.54) is 0 Å². The normalized spacial score (nSPS) is 12.0. The standard InChI is InChI=1S/C12H16ClNO3/c1-4-14(8(2)12(15)16)9-5-6-11(17-3)10(13)7-9/h5-8H,4H2,1-3H3,(H,15,16)/t8-/m0/s1. The first-order valence-electron chi connectivity index (χ1n) is 5.34. The molecular weight excluding hydrogens is 242 g/mol. The molecule has 1 aromatic rings. The molecule has 0 bridgehead atoms. The Morgan fingerprint density at radius 3 is 2.65 bits per heavy atom. The van der Waals surface area contributed by atoms with Crippen LogP contribution in [0.3, 0.4) is 0 Å². The van der Waals surface area contributed by atoms with Crippen LogP contribution in [0.5, 0.6) is 5.75 Å². The van der Waals surface area contributed by atoms with Crippen molar-refractivity contribution in [2.45, 2.75) is 19.9 Å². The first-order chi connectivity index (χ1) is 8.01. The average molecular weight is 258 g/mol. The summed E-state index contributed by atoms with van der Waals surface area (Å²) in [7, 11) is 1.54. The molecule has 4 nitrogen and oxygen atoms in total. The van der Waals surface area contributed by atoms with E-state index in [2.05, 4.69) is 0 Å². The molecule has 0 unspecified atom stereocenters. The van der Waals surface area contributed by atoms with Gasteiger partial charge in [0.05, 0.1) is 12.1 Å². The van der Waals surface area contributed by atoms with Crippen LogP contribution < -0.4 is 9.64 Å². The SMILES string of the molecule is CCN(c1ccc(OC)c(Cl)c1)[C@@H](C)C(=O)O. The molecule has 0 aliphatic heterocycles. The lowest BCUT2D eigenvalue weighted by Gasteiger charge is -2.27. The summed E-state index contributed by atoms with van der Waals surface area (Å²) in [6.45, 7) is 4.14. The molecule has 0 saturated carbocycles. The van der Waals surface area contributed by atoms with E-state index < -0.39 is 12.0 Å². The Kier molecular flexibility index (Phi) is 4.63. The van der Waals surface area contributed by atoms with Gasteiger partial charge in [-0.15, -0.1) is 0 Å². The number of benzene rings is 1. The zero-order chi connectivity index (χ0) is 13.0. The second-order valence-corrected chi connectivity index (χ2v) is 4.03. The molecule has 1 aromatic carbocycles. The Balaban J connectivity index is 3.04. The number of likely N-dealkylation sites (N-methyl/N-ethyl adjacent to an activating group) is 1. The number of carboxylic acids is 1. The van der Waals surface area contributed by atoms with Gasteiger partial charge < -0.3 is 14.7 Å². The lowest BCUT2D eigenvalue weighted by Crippen LogP contribution is -2.38. The van der Waals surface area contributed by atoms with Crippen LogP contribution in [0.2, 0.25) is 5.02 Å². The molecule has 0 radical (unpaired) electrons. The molecule has 0 heterocycles. The highest BCUT2D eigenvalue weighted by Crippen LogP contribution is 2.29. The van der Waals surface area contributed by atoms with Crippen molar-refractivity contribution in [2.75, 3.05) is 18.6 Å². The maximum Gasteiger partial charge on any atom is 0.326 e. The lowest BCUT2D eigenvalue weighted by molar-refractivity contribution is -0.138. The summed E-state index contributed by atoms with van der Waals surface area (Å²) in [5, 5.41) is 9.49. The predicted octanol–water partition coefficient (Wildman–Crippen LogP) is 2.65. The Hall–Kier alpha value is -1.42. The third kappa shape index (κ3) is 3.03. The summed E-state index contributed by atoms with van der Waals surface area (Å²) < 4.78 is 5.05. The molecule has 0 aliphatic carbocycles. The highest BCUT2D eigenvalue weighted by molar-refractivity contribution is 6.32. The molecule has 0 fully saturated rings. The number of hydrogen-bond acceptors (Lipinski definition) is 3. The van der Waals surface area contributed by atoms with Crippen molar-refractivity contribution in [3.8, 4) is 5.75 Å². The first-order valence-corrected chi connectivity index (χ1v) is 5.72. The van der Waals surface area contributed by atoms with E-state index in [0.29, 0.717) is 17.3 Å². The van der Waals surface area contributed by atoms with Gasteiger partial charge in [0.1, 0.15) is 11.8 Å². The quantitative estimate of drug-likeness (QED) is 0.881. The van der Waals surface area contributed by atoms with Gasteiger partial charge in [-0.25, -0.2) is 4.79 Å². The minimum absolute atomic E-state index is 0.473. The van der Waals surface area contributed by atoms with Gasteiger partial charge in [0.15, 0.2) is 0 Å². The average Bonchev–Trinajstić information content (AvgIpc) is 2.30. The van der Waals surface area contributed by atoms with E-state index >= 15 is 0 Å². The van der Waals surface area contributed by atoms with Crippen LogP contribution in [0, 0.1) is 0 Å². The van der Waals surface area contributed by atoms with Gasteiger partial charge in [0, 0.05) is 12.2 Å². The van der Waals surface area contributed by atoms with Crippen molar-refractivity contribution < 1.29 is 14.6 Å². The van der Waals surface area contributed by atoms with Gasteiger partial charge in [0.25, 0.3) is 0 Å². The molecule has 1 atom stereocenters.